The number of benzene rings is 2. The van der Waals surface area contributed by atoms with Crippen LogP contribution in [0.5, 0.6) is 0 Å². The molecule has 2 heteroatoms. The van der Waals surface area contributed by atoms with E-state index in [9.17, 15) is 4.79 Å². The molecule has 0 saturated heterocycles. The molecule has 1 N–H and O–H groups in total. The highest BCUT2D eigenvalue weighted by molar-refractivity contribution is 6.06. The van der Waals surface area contributed by atoms with E-state index in [1.54, 1.807) is 0 Å². The number of carbonyl (C=O) groups excluding carboxylic acids is 1. The third-order valence-electron chi connectivity index (χ3n) is 4.32. The summed E-state index contributed by atoms with van der Waals surface area (Å²) in [6.07, 6.45) is 0.968. The van der Waals surface area contributed by atoms with E-state index in [-0.39, 0.29) is 0 Å². The summed E-state index contributed by atoms with van der Waals surface area (Å²) in [6, 6.07) is 10.5. The van der Waals surface area contributed by atoms with Gasteiger partial charge in [0.1, 0.15) is 0 Å². The molecule has 0 aliphatic carbocycles. The van der Waals surface area contributed by atoms with E-state index in [4.69, 9.17) is 0 Å². The Balaban J connectivity index is 2.37. The zero-order chi connectivity index (χ0) is 15.1. The van der Waals surface area contributed by atoms with Gasteiger partial charge in [-0.05, 0) is 61.6 Å². The molecule has 0 fully saturated rings. The summed E-state index contributed by atoms with van der Waals surface area (Å²) < 4.78 is 0. The first-order valence-electron chi connectivity index (χ1n) is 7.17. The van der Waals surface area contributed by atoms with E-state index in [1.165, 1.54) is 11.1 Å². The molecular formula is C19H19NO. The maximum atomic E-state index is 11.7. The van der Waals surface area contributed by atoms with Crippen molar-refractivity contribution in [1.29, 1.82) is 0 Å². The van der Waals surface area contributed by atoms with Crippen molar-refractivity contribution in [2.75, 3.05) is 0 Å². The molecule has 0 bridgehead atoms. The molecule has 0 aliphatic heterocycles. The van der Waals surface area contributed by atoms with E-state index in [0.717, 1.165) is 45.1 Å². The Labute approximate surface area is 124 Å². The van der Waals surface area contributed by atoms with Crippen LogP contribution in [-0.2, 0) is 0 Å². The smallest absolute Gasteiger partial charge is 0.152 e. The van der Waals surface area contributed by atoms with Gasteiger partial charge in [0.25, 0.3) is 0 Å². The number of rotatable bonds is 2. The van der Waals surface area contributed by atoms with E-state index >= 15 is 0 Å². The summed E-state index contributed by atoms with van der Waals surface area (Å²) in [5.41, 5.74) is 8.58. The van der Waals surface area contributed by atoms with Crippen molar-refractivity contribution in [2.45, 2.75) is 27.7 Å². The number of fused-ring (bicyclic) bond motifs is 1. The van der Waals surface area contributed by atoms with Gasteiger partial charge < -0.3 is 4.98 Å². The van der Waals surface area contributed by atoms with E-state index in [1.807, 2.05) is 6.92 Å². The molecule has 0 amide bonds. The number of aryl methyl sites for hydroxylation is 4. The lowest BCUT2D eigenvalue weighted by molar-refractivity contribution is 0.112. The number of hydrogen-bond donors (Lipinski definition) is 1. The van der Waals surface area contributed by atoms with Gasteiger partial charge in [-0.3, -0.25) is 4.79 Å². The van der Waals surface area contributed by atoms with Gasteiger partial charge in [-0.1, -0.05) is 24.3 Å². The molecule has 21 heavy (non-hydrogen) atoms. The molecule has 0 saturated carbocycles. The standard InChI is InChI=1S/C19H19NO/c1-11-7-8-15(9-14(11)4)19-16(10-21)17-12(2)5-6-13(3)18(17)20-19/h5-10,20H,1-4H3. The van der Waals surface area contributed by atoms with Crippen molar-refractivity contribution in [2.24, 2.45) is 0 Å². The maximum Gasteiger partial charge on any atom is 0.152 e. The Morgan fingerprint density at radius 1 is 0.857 bits per heavy atom. The van der Waals surface area contributed by atoms with Crippen molar-refractivity contribution < 1.29 is 4.79 Å². The second kappa shape index (κ2) is 4.88. The fraction of sp³-hybridized carbons (Fsp3) is 0.211. The Hall–Kier alpha value is -2.35. The number of H-pyrrole nitrogens is 1. The second-order valence-corrected chi connectivity index (χ2v) is 5.78. The van der Waals surface area contributed by atoms with Crippen LogP contribution in [0.1, 0.15) is 32.6 Å². The average Bonchev–Trinajstić information content (AvgIpc) is 2.86. The van der Waals surface area contributed by atoms with Crippen LogP contribution in [0.2, 0.25) is 0 Å². The highest BCUT2D eigenvalue weighted by Crippen LogP contribution is 2.33. The number of aromatic amines is 1. The minimum atomic E-state index is 0.759. The third-order valence-corrected chi connectivity index (χ3v) is 4.32. The SMILES string of the molecule is Cc1ccc(-c2[nH]c3c(C)ccc(C)c3c2C=O)cc1C. The predicted molar refractivity (Wildman–Crippen MR) is 88.1 cm³/mol. The lowest BCUT2D eigenvalue weighted by Gasteiger charge is -2.04. The Morgan fingerprint density at radius 2 is 1.52 bits per heavy atom. The van der Waals surface area contributed by atoms with Crippen LogP contribution in [0, 0.1) is 27.7 Å². The number of carbonyl (C=O) groups is 1. The number of nitrogens with one attached hydrogen (secondary N) is 1. The van der Waals surface area contributed by atoms with Crippen molar-refractivity contribution in [3.05, 3.63) is 58.1 Å². The number of hydrogen-bond acceptors (Lipinski definition) is 1. The van der Waals surface area contributed by atoms with Gasteiger partial charge in [0.15, 0.2) is 6.29 Å². The normalized spacial score (nSPS) is 11.0. The maximum absolute atomic E-state index is 11.7. The van der Waals surface area contributed by atoms with Crippen molar-refractivity contribution in [3.63, 3.8) is 0 Å². The third kappa shape index (κ3) is 2.07. The molecule has 1 aromatic heterocycles. The lowest BCUT2D eigenvalue weighted by atomic mass is 9.99. The number of aldehydes is 1. The summed E-state index contributed by atoms with van der Waals surface area (Å²) in [7, 11) is 0. The van der Waals surface area contributed by atoms with Gasteiger partial charge in [-0.25, -0.2) is 0 Å². The van der Waals surface area contributed by atoms with E-state index < -0.39 is 0 Å². The van der Waals surface area contributed by atoms with Crippen molar-refractivity contribution in [1.82, 2.24) is 4.98 Å². The first-order chi connectivity index (χ1) is 10.0. The van der Waals surface area contributed by atoms with Gasteiger partial charge in [0, 0.05) is 16.5 Å². The molecule has 0 atom stereocenters. The van der Waals surface area contributed by atoms with Crippen molar-refractivity contribution >= 4 is 17.2 Å². The summed E-state index contributed by atoms with van der Waals surface area (Å²) in [5, 5.41) is 1.04. The monoisotopic (exact) mass is 277 g/mol. The van der Waals surface area contributed by atoms with E-state index in [2.05, 4.69) is 56.1 Å². The van der Waals surface area contributed by atoms with E-state index in [0.29, 0.717) is 0 Å². The quantitative estimate of drug-likeness (QED) is 0.665. The van der Waals surface area contributed by atoms with Gasteiger partial charge in [0.2, 0.25) is 0 Å². The predicted octanol–water partition coefficient (Wildman–Crippen LogP) is 4.88. The Bertz CT molecular complexity index is 856. The van der Waals surface area contributed by atoms with Gasteiger partial charge in [-0.2, -0.15) is 0 Å². The molecule has 2 nitrogen and oxygen atoms in total. The van der Waals surface area contributed by atoms with Crippen LogP contribution in [0.25, 0.3) is 22.2 Å². The molecule has 3 rings (SSSR count). The molecule has 1 heterocycles. The molecule has 0 unspecified atom stereocenters. The van der Waals surface area contributed by atoms with Gasteiger partial charge >= 0.3 is 0 Å². The van der Waals surface area contributed by atoms with Gasteiger partial charge in [0.05, 0.1) is 5.69 Å². The molecule has 0 spiro atoms. The topological polar surface area (TPSA) is 32.9 Å². The Kier molecular flexibility index (Phi) is 3.17. The summed E-state index contributed by atoms with van der Waals surface area (Å²) in [6.45, 7) is 8.31. The largest absolute Gasteiger partial charge is 0.354 e. The first-order valence-corrected chi connectivity index (χ1v) is 7.17. The van der Waals surface area contributed by atoms with Crippen LogP contribution in [0.3, 0.4) is 0 Å². The van der Waals surface area contributed by atoms with Crippen LogP contribution >= 0.6 is 0 Å². The zero-order valence-corrected chi connectivity index (χ0v) is 12.9. The van der Waals surface area contributed by atoms with Crippen LogP contribution < -0.4 is 0 Å². The summed E-state index contributed by atoms with van der Waals surface area (Å²) >= 11 is 0. The molecule has 3 aromatic rings. The fourth-order valence-corrected chi connectivity index (χ4v) is 2.88. The Morgan fingerprint density at radius 3 is 2.19 bits per heavy atom. The average molecular weight is 277 g/mol. The highest BCUT2D eigenvalue weighted by atomic mass is 16.1. The molecule has 0 radical (unpaired) electrons. The summed E-state index contributed by atoms with van der Waals surface area (Å²) in [5.74, 6) is 0. The van der Waals surface area contributed by atoms with Crippen LogP contribution in [0.4, 0.5) is 0 Å². The molecular weight excluding hydrogens is 258 g/mol. The molecule has 106 valence electrons. The van der Waals surface area contributed by atoms with Crippen LogP contribution in [-0.4, -0.2) is 11.3 Å². The minimum Gasteiger partial charge on any atom is -0.354 e. The fourth-order valence-electron chi connectivity index (χ4n) is 2.88. The van der Waals surface area contributed by atoms with Crippen molar-refractivity contribution in [3.8, 4) is 11.3 Å². The molecule has 0 aliphatic rings. The van der Waals surface area contributed by atoms with Gasteiger partial charge in [-0.15, -0.1) is 0 Å². The minimum absolute atomic E-state index is 0.759. The second-order valence-electron chi connectivity index (χ2n) is 5.78. The zero-order valence-electron chi connectivity index (χ0n) is 12.9. The summed E-state index contributed by atoms with van der Waals surface area (Å²) in [4.78, 5) is 15.1. The lowest BCUT2D eigenvalue weighted by Crippen LogP contribution is -1.88. The first kappa shape index (κ1) is 13.6. The number of aromatic nitrogens is 1. The van der Waals surface area contributed by atoms with Crippen LogP contribution in [0.15, 0.2) is 30.3 Å². The highest BCUT2D eigenvalue weighted by Gasteiger charge is 2.15. The molecule has 2 aromatic carbocycles.